The summed E-state index contributed by atoms with van der Waals surface area (Å²) in [6, 6.07) is 0. The standard InChI is InChI=1S/C13H20N6O/c1-4-5-6-9(8-19(2)3)10-7-16-12(14)11(17-10)13(20)18-15/h5-8H,4,15H2,1-3H3,(H2,14,16)(H,18,20)/b6-5-,9-8+. The number of carbonyl (C=O) groups is 1. The van der Waals surface area contributed by atoms with Gasteiger partial charge in [0, 0.05) is 25.9 Å². The second-order valence-electron chi connectivity index (χ2n) is 4.32. The maximum atomic E-state index is 11.6. The van der Waals surface area contributed by atoms with Crippen molar-refractivity contribution in [2.24, 2.45) is 5.84 Å². The van der Waals surface area contributed by atoms with Crippen LogP contribution in [-0.4, -0.2) is 34.9 Å². The fourth-order valence-electron chi connectivity index (χ4n) is 1.49. The van der Waals surface area contributed by atoms with E-state index in [4.69, 9.17) is 11.6 Å². The zero-order valence-electron chi connectivity index (χ0n) is 11.9. The predicted molar refractivity (Wildman–Crippen MR) is 79.2 cm³/mol. The summed E-state index contributed by atoms with van der Waals surface area (Å²) >= 11 is 0. The summed E-state index contributed by atoms with van der Waals surface area (Å²) in [5.74, 6) is 4.57. The minimum absolute atomic E-state index is 0.0135. The van der Waals surface area contributed by atoms with Gasteiger partial charge in [-0.25, -0.2) is 15.8 Å². The number of nitrogens with two attached hydrogens (primary N) is 2. The van der Waals surface area contributed by atoms with E-state index in [1.165, 1.54) is 6.20 Å². The van der Waals surface area contributed by atoms with Crippen LogP contribution in [-0.2, 0) is 0 Å². The molecule has 0 fully saturated rings. The molecule has 1 aromatic rings. The molecule has 0 aliphatic rings. The highest BCUT2D eigenvalue weighted by molar-refractivity contribution is 5.96. The highest BCUT2D eigenvalue weighted by Gasteiger charge is 2.13. The Kier molecular flexibility index (Phi) is 5.67. The van der Waals surface area contributed by atoms with Gasteiger partial charge in [-0.15, -0.1) is 0 Å². The predicted octanol–water partition coefficient (Wildman–Crippen LogP) is 0.531. The van der Waals surface area contributed by atoms with Gasteiger partial charge >= 0.3 is 0 Å². The van der Waals surface area contributed by atoms with Crippen LogP contribution in [0.1, 0.15) is 29.5 Å². The molecule has 1 aromatic heterocycles. The number of carbonyl (C=O) groups excluding carboxylic acids is 1. The van der Waals surface area contributed by atoms with Crippen molar-refractivity contribution in [2.75, 3.05) is 19.8 Å². The van der Waals surface area contributed by atoms with Crippen molar-refractivity contribution in [3.63, 3.8) is 0 Å². The van der Waals surface area contributed by atoms with E-state index in [1.807, 2.05) is 49.7 Å². The molecule has 108 valence electrons. The lowest BCUT2D eigenvalue weighted by Gasteiger charge is -2.10. The van der Waals surface area contributed by atoms with E-state index in [1.54, 1.807) is 0 Å². The first-order chi connectivity index (χ1) is 9.49. The fraction of sp³-hybridized carbons (Fsp3) is 0.308. The molecule has 0 saturated heterocycles. The molecule has 7 heteroatoms. The Morgan fingerprint density at radius 1 is 1.50 bits per heavy atom. The molecule has 0 aliphatic heterocycles. The quantitative estimate of drug-likeness (QED) is 0.313. The smallest absolute Gasteiger partial charge is 0.287 e. The van der Waals surface area contributed by atoms with Crippen LogP contribution >= 0.6 is 0 Å². The van der Waals surface area contributed by atoms with Gasteiger partial charge in [-0.3, -0.25) is 10.2 Å². The summed E-state index contributed by atoms with van der Waals surface area (Å²) < 4.78 is 0. The number of hydrogen-bond donors (Lipinski definition) is 3. The molecule has 0 unspecified atom stereocenters. The van der Waals surface area contributed by atoms with Gasteiger partial charge in [-0.2, -0.15) is 0 Å². The van der Waals surface area contributed by atoms with Crippen molar-refractivity contribution in [3.8, 4) is 0 Å². The van der Waals surface area contributed by atoms with Gasteiger partial charge in [0.25, 0.3) is 5.91 Å². The van der Waals surface area contributed by atoms with Crippen LogP contribution < -0.4 is 17.0 Å². The molecule has 1 heterocycles. The Labute approximate surface area is 118 Å². The number of nitrogens with one attached hydrogen (secondary N) is 1. The average Bonchev–Trinajstić information content (AvgIpc) is 2.43. The van der Waals surface area contributed by atoms with Gasteiger partial charge in [0.05, 0.1) is 11.9 Å². The molecule has 1 rings (SSSR count). The zero-order valence-corrected chi connectivity index (χ0v) is 11.9. The molecule has 0 aromatic carbocycles. The van der Waals surface area contributed by atoms with Crippen LogP contribution in [0.2, 0.25) is 0 Å². The number of anilines is 1. The van der Waals surface area contributed by atoms with Crippen LogP contribution in [0, 0.1) is 0 Å². The Morgan fingerprint density at radius 3 is 2.75 bits per heavy atom. The number of allylic oxidation sites excluding steroid dienone is 3. The summed E-state index contributed by atoms with van der Waals surface area (Å²) in [6.07, 6.45) is 8.22. The number of hydrogen-bond acceptors (Lipinski definition) is 6. The number of nitrogens with zero attached hydrogens (tertiary/aromatic N) is 3. The SMILES string of the molecule is CC/C=C\C(=C/N(C)C)c1cnc(N)c(C(=O)NN)n1. The molecule has 7 nitrogen and oxygen atoms in total. The van der Waals surface area contributed by atoms with Gasteiger partial charge in [-0.1, -0.05) is 19.1 Å². The lowest BCUT2D eigenvalue weighted by molar-refractivity contribution is 0.0949. The van der Waals surface area contributed by atoms with Gasteiger partial charge in [-0.05, 0) is 6.42 Å². The first-order valence-corrected chi connectivity index (χ1v) is 6.18. The molecule has 0 saturated carbocycles. The molecule has 0 atom stereocenters. The molecule has 20 heavy (non-hydrogen) atoms. The van der Waals surface area contributed by atoms with Crippen LogP contribution in [0.4, 0.5) is 5.82 Å². The summed E-state index contributed by atoms with van der Waals surface area (Å²) in [7, 11) is 3.80. The van der Waals surface area contributed by atoms with Crippen molar-refractivity contribution in [1.29, 1.82) is 0 Å². The Bertz CT molecular complexity index is 536. The van der Waals surface area contributed by atoms with E-state index in [-0.39, 0.29) is 11.5 Å². The Balaban J connectivity index is 3.28. The van der Waals surface area contributed by atoms with Crippen LogP contribution in [0.3, 0.4) is 0 Å². The average molecular weight is 276 g/mol. The lowest BCUT2D eigenvalue weighted by atomic mass is 10.1. The maximum absolute atomic E-state index is 11.6. The summed E-state index contributed by atoms with van der Waals surface area (Å²) in [4.78, 5) is 21.7. The van der Waals surface area contributed by atoms with E-state index in [2.05, 4.69) is 9.97 Å². The minimum atomic E-state index is -0.569. The van der Waals surface area contributed by atoms with Crippen molar-refractivity contribution >= 4 is 17.3 Å². The molecule has 0 aliphatic carbocycles. The first-order valence-electron chi connectivity index (χ1n) is 6.18. The molecule has 1 amide bonds. The number of rotatable bonds is 5. The molecular weight excluding hydrogens is 256 g/mol. The minimum Gasteiger partial charge on any atom is -0.383 e. The third kappa shape index (κ3) is 4.06. The third-order valence-corrected chi connectivity index (χ3v) is 2.37. The first kappa shape index (κ1) is 15.6. The highest BCUT2D eigenvalue weighted by atomic mass is 16.2. The van der Waals surface area contributed by atoms with Gasteiger partial charge in [0.1, 0.15) is 0 Å². The number of nitrogen functional groups attached to an aromatic ring is 2. The Morgan fingerprint density at radius 2 is 2.20 bits per heavy atom. The van der Waals surface area contributed by atoms with Gasteiger partial charge < -0.3 is 10.6 Å². The number of amides is 1. The van der Waals surface area contributed by atoms with E-state index in [9.17, 15) is 4.79 Å². The van der Waals surface area contributed by atoms with Crippen molar-refractivity contribution in [2.45, 2.75) is 13.3 Å². The second-order valence-corrected chi connectivity index (χ2v) is 4.32. The summed E-state index contributed by atoms with van der Waals surface area (Å²) in [6.45, 7) is 2.03. The fourth-order valence-corrected chi connectivity index (χ4v) is 1.49. The monoisotopic (exact) mass is 276 g/mol. The van der Waals surface area contributed by atoms with E-state index in [0.29, 0.717) is 5.69 Å². The lowest BCUT2D eigenvalue weighted by Crippen LogP contribution is -2.32. The second kappa shape index (κ2) is 7.25. The third-order valence-electron chi connectivity index (χ3n) is 2.37. The Hall–Kier alpha value is -2.41. The van der Waals surface area contributed by atoms with E-state index in [0.717, 1.165) is 12.0 Å². The molecule has 0 spiro atoms. The molecule has 0 radical (unpaired) electrons. The largest absolute Gasteiger partial charge is 0.383 e. The van der Waals surface area contributed by atoms with E-state index < -0.39 is 5.91 Å². The molecular formula is C13H20N6O. The van der Waals surface area contributed by atoms with Crippen LogP contribution in [0.5, 0.6) is 0 Å². The van der Waals surface area contributed by atoms with Crippen molar-refractivity contribution < 1.29 is 4.79 Å². The molecule has 0 bridgehead atoms. The van der Waals surface area contributed by atoms with Crippen molar-refractivity contribution in [3.05, 3.63) is 35.9 Å². The van der Waals surface area contributed by atoms with E-state index >= 15 is 0 Å². The summed E-state index contributed by atoms with van der Waals surface area (Å²) in [5, 5.41) is 0. The zero-order chi connectivity index (χ0) is 15.1. The van der Waals surface area contributed by atoms with Crippen LogP contribution in [0.25, 0.3) is 5.57 Å². The number of aromatic nitrogens is 2. The highest BCUT2D eigenvalue weighted by Crippen LogP contribution is 2.16. The van der Waals surface area contributed by atoms with Crippen LogP contribution in [0.15, 0.2) is 24.5 Å². The van der Waals surface area contributed by atoms with Gasteiger partial charge in [0.15, 0.2) is 11.5 Å². The van der Waals surface area contributed by atoms with Gasteiger partial charge in [0.2, 0.25) is 0 Å². The summed E-state index contributed by atoms with van der Waals surface area (Å²) in [5.41, 5.74) is 9.03. The topological polar surface area (TPSA) is 110 Å². The number of hydrazine groups is 1. The molecule has 5 N–H and O–H groups in total. The maximum Gasteiger partial charge on any atom is 0.287 e. The normalized spacial score (nSPS) is 11.7. The van der Waals surface area contributed by atoms with Crippen molar-refractivity contribution in [1.82, 2.24) is 20.3 Å².